The predicted molar refractivity (Wildman–Crippen MR) is 97.8 cm³/mol. The Labute approximate surface area is 153 Å². The number of tetrazole rings is 1. The molecule has 0 spiro atoms. The first-order valence-corrected chi connectivity index (χ1v) is 8.00. The van der Waals surface area contributed by atoms with E-state index in [4.69, 9.17) is 0 Å². The summed E-state index contributed by atoms with van der Waals surface area (Å²) in [6, 6.07) is 14.5. The molecule has 11 nitrogen and oxygen atoms in total. The van der Waals surface area contributed by atoms with Crippen LogP contribution in [0.1, 0.15) is 0 Å². The number of nitrogens with one attached hydrogen (secondary N) is 3. The summed E-state index contributed by atoms with van der Waals surface area (Å²) in [5.41, 5.74) is 1.23. The smallest absolute Gasteiger partial charge is 0.319 e. The predicted octanol–water partition coefficient (Wildman–Crippen LogP) is 1.80. The Morgan fingerprint density at radius 2 is 1.81 bits per heavy atom. The molecule has 2 aromatic carbocycles. The molecule has 138 valence electrons. The van der Waals surface area contributed by atoms with Crippen LogP contribution in [-0.4, -0.2) is 44.3 Å². The van der Waals surface area contributed by atoms with Crippen LogP contribution in [0.5, 0.6) is 0 Å². The third kappa shape index (κ3) is 4.75. The van der Waals surface area contributed by atoms with Crippen molar-refractivity contribution in [2.24, 2.45) is 0 Å². The lowest BCUT2D eigenvalue weighted by Gasteiger charge is -2.09. The Hall–Kier alpha value is -4.02. The third-order valence-electron chi connectivity index (χ3n) is 3.50. The molecule has 0 saturated carbocycles. The molecule has 1 heterocycles. The zero-order valence-corrected chi connectivity index (χ0v) is 14.1. The highest BCUT2D eigenvalue weighted by Crippen LogP contribution is 2.15. The number of nitro groups is 1. The van der Waals surface area contributed by atoms with Crippen LogP contribution < -0.4 is 16.0 Å². The standard InChI is InChI=1S/C16H16N8O3/c25-16(19-12-6-8-14(9-7-12)24(26)27)18-11-10-17-15-20-21-22-23(15)13-4-2-1-3-5-13/h1-9H,10-11H2,(H,17,20,22)(H2,18,19,25). The van der Waals surface area contributed by atoms with Gasteiger partial charge in [0.15, 0.2) is 0 Å². The van der Waals surface area contributed by atoms with E-state index in [0.29, 0.717) is 24.7 Å². The fourth-order valence-corrected chi connectivity index (χ4v) is 2.23. The average molecular weight is 368 g/mol. The molecular weight excluding hydrogens is 352 g/mol. The zero-order chi connectivity index (χ0) is 19.1. The van der Waals surface area contributed by atoms with Crippen molar-refractivity contribution >= 4 is 23.4 Å². The number of benzene rings is 2. The number of urea groups is 1. The Balaban J connectivity index is 1.45. The number of nitrogens with zero attached hydrogens (tertiary/aromatic N) is 5. The van der Waals surface area contributed by atoms with Gasteiger partial charge in [-0.1, -0.05) is 23.3 Å². The lowest BCUT2D eigenvalue weighted by atomic mass is 10.3. The first-order valence-electron chi connectivity index (χ1n) is 8.00. The van der Waals surface area contributed by atoms with Gasteiger partial charge in [0, 0.05) is 30.9 Å². The molecule has 0 radical (unpaired) electrons. The van der Waals surface area contributed by atoms with E-state index in [0.717, 1.165) is 5.69 Å². The van der Waals surface area contributed by atoms with E-state index >= 15 is 0 Å². The molecule has 0 aliphatic rings. The summed E-state index contributed by atoms with van der Waals surface area (Å²) in [7, 11) is 0. The number of rotatable bonds is 7. The van der Waals surface area contributed by atoms with Crippen LogP contribution in [-0.2, 0) is 0 Å². The molecule has 0 aliphatic heterocycles. The molecule has 11 heteroatoms. The maximum Gasteiger partial charge on any atom is 0.319 e. The number of hydrogen-bond donors (Lipinski definition) is 3. The van der Waals surface area contributed by atoms with Gasteiger partial charge in [0.05, 0.1) is 10.6 Å². The molecule has 0 saturated heterocycles. The van der Waals surface area contributed by atoms with E-state index in [1.165, 1.54) is 24.3 Å². The Kier molecular flexibility index (Phi) is 5.52. The summed E-state index contributed by atoms with van der Waals surface area (Å²) in [6.45, 7) is 0.724. The van der Waals surface area contributed by atoms with Crippen LogP contribution in [0.25, 0.3) is 5.69 Å². The maximum atomic E-state index is 11.9. The average Bonchev–Trinajstić information content (AvgIpc) is 3.15. The van der Waals surface area contributed by atoms with Crippen molar-refractivity contribution in [2.75, 3.05) is 23.7 Å². The fourth-order valence-electron chi connectivity index (χ4n) is 2.23. The van der Waals surface area contributed by atoms with Gasteiger partial charge in [0.1, 0.15) is 0 Å². The summed E-state index contributed by atoms with van der Waals surface area (Å²) in [6.07, 6.45) is 0. The van der Waals surface area contributed by atoms with Crippen molar-refractivity contribution in [3.63, 3.8) is 0 Å². The number of non-ortho nitro benzene ring substituents is 1. The Morgan fingerprint density at radius 1 is 1.07 bits per heavy atom. The van der Waals surface area contributed by atoms with Crippen LogP contribution in [0.2, 0.25) is 0 Å². The second-order valence-electron chi connectivity index (χ2n) is 5.36. The van der Waals surface area contributed by atoms with Crippen LogP contribution >= 0.6 is 0 Å². The van der Waals surface area contributed by atoms with Gasteiger partial charge < -0.3 is 16.0 Å². The van der Waals surface area contributed by atoms with E-state index in [9.17, 15) is 14.9 Å². The van der Waals surface area contributed by atoms with Crippen molar-refractivity contribution < 1.29 is 9.72 Å². The minimum atomic E-state index is -0.501. The van der Waals surface area contributed by atoms with Crippen molar-refractivity contribution in [1.82, 2.24) is 25.5 Å². The Bertz CT molecular complexity index is 911. The molecule has 0 bridgehead atoms. The number of carbonyl (C=O) groups is 1. The van der Waals surface area contributed by atoms with Gasteiger partial charge in [-0.2, -0.15) is 4.68 Å². The third-order valence-corrected chi connectivity index (χ3v) is 3.50. The first-order chi connectivity index (χ1) is 13.1. The maximum absolute atomic E-state index is 11.9. The van der Waals surface area contributed by atoms with Gasteiger partial charge >= 0.3 is 6.03 Å². The molecule has 0 unspecified atom stereocenters. The molecule has 3 rings (SSSR count). The molecular formula is C16H16N8O3. The van der Waals surface area contributed by atoms with Crippen molar-refractivity contribution in [3.8, 4) is 5.69 Å². The highest BCUT2D eigenvalue weighted by molar-refractivity contribution is 5.89. The fraction of sp³-hybridized carbons (Fsp3) is 0.125. The highest BCUT2D eigenvalue weighted by Gasteiger charge is 2.08. The second kappa shape index (κ2) is 8.38. The number of anilines is 2. The quantitative estimate of drug-likeness (QED) is 0.328. The molecule has 0 fully saturated rings. The lowest BCUT2D eigenvalue weighted by molar-refractivity contribution is -0.384. The normalized spacial score (nSPS) is 10.2. The van der Waals surface area contributed by atoms with Gasteiger partial charge in [-0.25, -0.2) is 4.79 Å². The van der Waals surface area contributed by atoms with Gasteiger partial charge in [-0.05, 0) is 34.7 Å². The zero-order valence-electron chi connectivity index (χ0n) is 14.1. The number of hydrogen-bond acceptors (Lipinski definition) is 7. The second-order valence-corrected chi connectivity index (χ2v) is 5.36. The number of carbonyl (C=O) groups excluding carboxylic acids is 1. The summed E-state index contributed by atoms with van der Waals surface area (Å²) in [5, 5.41) is 30.4. The minimum absolute atomic E-state index is 0.0405. The first kappa shape index (κ1) is 17.8. The largest absolute Gasteiger partial charge is 0.351 e. The summed E-state index contributed by atoms with van der Waals surface area (Å²) < 4.78 is 1.55. The summed E-state index contributed by atoms with van der Waals surface area (Å²) in [4.78, 5) is 22.0. The topological polar surface area (TPSA) is 140 Å². The minimum Gasteiger partial charge on any atom is -0.351 e. The van der Waals surface area contributed by atoms with Gasteiger partial charge in [-0.3, -0.25) is 10.1 Å². The van der Waals surface area contributed by atoms with Gasteiger partial charge in [0.25, 0.3) is 5.69 Å². The number of amides is 2. The molecule has 0 aliphatic carbocycles. The van der Waals surface area contributed by atoms with Crippen LogP contribution in [0, 0.1) is 10.1 Å². The van der Waals surface area contributed by atoms with E-state index in [1.54, 1.807) is 4.68 Å². The van der Waals surface area contributed by atoms with Crippen molar-refractivity contribution in [2.45, 2.75) is 0 Å². The van der Waals surface area contributed by atoms with Crippen molar-refractivity contribution in [1.29, 1.82) is 0 Å². The monoisotopic (exact) mass is 368 g/mol. The molecule has 27 heavy (non-hydrogen) atoms. The summed E-state index contributed by atoms with van der Waals surface area (Å²) in [5.74, 6) is 0.457. The SMILES string of the molecule is O=C(NCCNc1nnnn1-c1ccccc1)Nc1ccc([N+](=O)[O-])cc1. The van der Waals surface area contributed by atoms with Crippen LogP contribution in [0.3, 0.4) is 0 Å². The van der Waals surface area contributed by atoms with Gasteiger partial charge in [-0.15, -0.1) is 0 Å². The van der Waals surface area contributed by atoms with E-state index in [1.807, 2.05) is 30.3 Å². The van der Waals surface area contributed by atoms with Gasteiger partial charge in [0.2, 0.25) is 5.95 Å². The van der Waals surface area contributed by atoms with Crippen molar-refractivity contribution in [3.05, 3.63) is 64.7 Å². The van der Waals surface area contributed by atoms with E-state index < -0.39 is 11.0 Å². The Morgan fingerprint density at radius 3 is 2.52 bits per heavy atom. The molecule has 0 atom stereocenters. The molecule has 3 N–H and O–H groups in total. The lowest BCUT2D eigenvalue weighted by Crippen LogP contribution is -2.32. The van der Waals surface area contributed by atoms with E-state index in [2.05, 4.69) is 31.5 Å². The van der Waals surface area contributed by atoms with E-state index in [-0.39, 0.29) is 5.69 Å². The molecule has 3 aromatic rings. The van der Waals surface area contributed by atoms with Crippen LogP contribution in [0.4, 0.5) is 22.1 Å². The molecule has 2 amide bonds. The summed E-state index contributed by atoms with van der Waals surface area (Å²) >= 11 is 0. The highest BCUT2D eigenvalue weighted by atomic mass is 16.6. The number of nitro benzene ring substituents is 1. The van der Waals surface area contributed by atoms with Crippen LogP contribution in [0.15, 0.2) is 54.6 Å². The molecule has 1 aromatic heterocycles. The number of aromatic nitrogens is 4. The number of para-hydroxylation sites is 1.